The van der Waals surface area contributed by atoms with E-state index in [1.165, 1.54) is 29.5 Å². The van der Waals surface area contributed by atoms with E-state index in [9.17, 15) is 0 Å². The van der Waals surface area contributed by atoms with Crippen LogP contribution in [-0.4, -0.2) is 0 Å². The standard InChI is InChI=1S/C11H9/c1-2-4-10-8(3-1)7-9-5-6-11(9)10/h1-4,11H,5-6H2. The third-order valence-corrected chi connectivity index (χ3v) is 2.75. The van der Waals surface area contributed by atoms with E-state index in [0.717, 1.165) is 5.92 Å². The predicted molar refractivity (Wildman–Crippen MR) is 44.3 cm³/mol. The van der Waals surface area contributed by atoms with E-state index < -0.39 is 0 Å². The molecule has 1 saturated carbocycles. The van der Waals surface area contributed by atoms with E-state index in [0.29, 0.717) is 0 Å². The molecule has 0 aliphatic heterocycles. The molecule has 0 bridgehead atoms. The van der Waals surface area contributed by atoms with Crippen molar-refractivity contribution in [3.8, 4) is 0 Å². The topological polar surface area (TPSA) is 0 Å². The Kier molecular flexibility index (Phi) is 0.894. The molecule has 1 unspecified atom stereocenters. The Labute approximate surface area is 66.6 Å². The van der Waals surface area contributed by atoms with E-state index >= 15 is 0 Å². The van der Waals surface area contributed by atoms with Crippen molar-refractivity contribution in [2.75, 3.05) is 0 Å². The molecule has 0 nitrogen and oxygen atoms in total. The van der Waals surface area contributed by atoms with Crippen LogP contribution in [0.25, 0.3) is 0 Å². The summed E-state index contributed by atoms with van der Waals surface area (Å²) in [6.07, 6.45) is 6.07. The Morgan fingerprint density at radius 2 is 2.18 bits per heavy atom. The molecule has 2 aliphatic rings. The molecule has 1 aromatic carbocycles. The number of allylic oxidation sites excluding steroid dienone is 1. The molecule has 0 amide bonds. The largest absolute Gasteiger partial charge is 0.0619 e. The Morgan fingerprint density at radius 1 is 1.27 bits per heavy atom. The summed E-state index contributed by atoms with van der Waals surface area (Å²) >= 11 is 0. The van der Waals surface area contributed by atoms with Crippen LogP contribution in [0.4, 0.5) is 0 Å². The van der Waals surface area contributed by atoms with Crippen molar-refractivity contribution >= 4 is 0 Å². The molecule has 2 aliphatic carbocycles. The Hall–Kier alpha value is -1.04. The number of hydrogen-bond acceptors (Lipinski definition) is 0. The Morgan fingerprint density at radius 3 is 3.00 bits per heavy atom. The zero-order valence-corrected chi connectivity index (χ0v) is 6.30. The fourth-order valence-electron chi connectivity index (χ4n) is 2.01. The summed E-state index contributed by atoms with van der Waals surface area (Å²) in [5, 5.41) is 0. The van der Waals surface area contributed by atoms with Crippen LogP contribution in [-0.2, 0) is 0 Å². The summed E-state index contributed by atoms with van der Waals surface area (Å²) in [5.41, 5.74) is 4.38. The molecule has 1 atom stereocenters. The second-order valence-electron chi connectivity index (χ2n) is 3.33. The molecule has 11 heavy (non-hydrogen) atoms. The minimum absolute atomic E-state index is 0.756. The maximum absolute atomic E-state index is 3.45. The molecule has 0 spiro atoms. The second kappa shape index (κ2) is 1.76. The number of hydrogen-bond donors (Lipinski definition) is 0. The van der Waals surface area contributed by atoms with Gasteiger partial charge in [0.15, 0.2) is 0 Å². The van der Waals surface area contributed by atoms with Crippen LogP contribution in [0.2, 0.25) is 0 Å². The van der Waals surface area contributed by atoms with Crippen LogP contribution in [0.3, 0.4) is 0 Å². The summed E-state index contributed by atoms with van der Waals surface area (Å²) in [6, 6.07) is 8.62. The van der Waals surface area contributed by atoms with Gasteiger partial charge in [0.05, 0.1) is 0 Å². The van der Waals surface area contributed by atoms with Gasteiger partial charge in [-0.2, -0.15) is 0 Å². The SMILES string of the molecule is [C]1=C2CCC2c2ccccc21. The van der Waals surface area contributed by atoms with Crippen molar-refractivity contribution < 1.29 is 0 Å². The summed E-state index contributed by atoms with van der Waals surface area (Å²) in [5.74, 6) is 0.756. The maximum Gasteiger partial charge on any atom is 0.00668 e. The van der Waals surface area contributed by atoms with Gasteiger partial charge in [-0.1, -0.05) is 29.8 Å². The molecule has 0 saturated heterocycles. The molecule has 53 valence electrons. The van der Waals surface area contributed by atoms with Crippen molar-refractivity contribution in [3.63, 3.8) is 0 Å². The van der Waals surface area contributed by atoms with Crippen molar-refractivity contribution in [1.82, 2.24) is 0 Å². The smallest absolute Gasteiger partial charge is 0.00668 e. The van der Waals surface area contributed by atoms with Gasteiger partial charge in [-0.15, -0.1) is 0 Å². The molecule has 0 aromatic heterocycles. The summed E-state index contributed by atoms with van der Waals surface area (Å²) in [7, 11) is 0. The summed E-state index contributed by atoms with van der Waals surface area (Å²) in [6.45, 7) is 0. The highest BCUT2D eigenvalue weighted by Gasteiger charge is 2.31. The molecular weight excluding hydrogens is 132 g/mol. The number of fused-ring (bicyclic) bond motifs is 3. The first-order chi connectivity index (χ1) is 5.45. The molecular formula is C11H9. The monoisotopic (exact) mass is 141 g/mol. The van der Waals surface area contributed by atoms with Crippen LogP contribution in [0.5, 0.6) is 0 Å². The molecule has 1 radical (unpaired) electrons. The maximum atomic E-state index is 3.45. The van der Waals surface area contributed by atoms with Crippen LogP contribution < -0.4 is 0 Å². The molecule has 1 aromatic rings. The van der Waals surface area contributed by atoms with Gasteiger partial charge >= 0.3 is 0 Å². The predicted octanol–water partition coefficient (Wildman–Crippen LogP) is 2.66. The fourth-order valence-corrected chi connectivity index (χ4v) is 2.01. The average Bonchev–Trinajstić information content (AvgIpc) is 2.23. The van der Waals surface area contributed by atoms with E-state index in [1.54, 1.807) is 0 Å². The minimum Gasteiger partial charge on any atom is -0.0619 e. The van der Waals surface area contributed by atoms with Crippen LogP contribution >= 0.6 is 0 Å². The van der Waals surface area contributed by atoms with E-state index in [4.69, 9.17) is 0 Å². The first kappa shape index (κ1) is 5.59. The highest BCUT2D eigenvalue weighted by atomic mass is 14.3. The first-order valence-corrected chi connectivity index (χ1v) is 4.17. The normalized spacial score (nSPS) is 25.1. The Balaban J connectivity index is 2.23. The van der Waals surface area contributed by atoms with Gasteiger partial charge in [-0.05, 0) is 30.0 Å². The van der Waals surface area contributed by atoms with Crippen molar-refractivity contribution in [3.05, 3.63) is 47.0 Å². The zero-order chi connectivity index (χ0) is 7.26. The highest BCUT2D eigenvalue weighted by molar-refractivity contribution is 5.49. The third kappa shape index (κ3) is 0.597. The molecule has 0 heteroatoms. The van der Waals surface area contributed by atoms with Crippen molar-refractivity contribution in [1.29, 1.82) is 0 Å². The zero-order valence-electron chi connectivity index (χ0n) is 6.30. The van der Waals surface area contributed by atoms with Gasteiger partial charge in [0.1, 0.15) is 0 Å². The quantitative estimate of drug-likeness (QED) is 0.521. The Bertz CT molecular complexity index is 334. The van der Waals surface area contributed by atoms with E-state index in [2.05, 4.69) is 30.3 Å². The third-order valence-electron chi connectivity index (χ3n) is 2.75. The van der Waals surface area contributed by atoms with Crippen LogP contribution in [0.15, 0.2) is 29.8 Å². The van der Waals surface area contributed by atoms with Crippen molar-refractivity contribution in [2.45, 2.75) is 18.8 Å². The average molecular weight is 141 g/mol. The van der Waals surface area contributed by atoms with Gasteiger partial charge in [0.2, 0.25) is 0 Å². The minimum atomic E-state index is 0.756. The highest BCUT2D eigenvalue weighted by Crippen LogP contribution is 2.47. The lowest BCUT2D eigenvalue weighted by Gasteiger charge is -2.25. The van der Waals surface area contributed by atoms with E-state index in [1.807, 2.05) is 0 Å². The van der Waals surface area contributed by atoms with Crippen LogP contribution in [0.1, 0.15) is 29.9 Å². The molecule has 0 heterocycles. The van der Waals surface area contributed by atoms with E-state index in [-0.39, 0.29) is 0 Å². The number of benzene rings is 1. The first-order valence-electron chi connectivity index (χ1n) is 4.17. The van der Waals surface area contributed by atoms with Gasteiger partial charge in [0.25, 0.3) is 0 Å². The van der Waals surface area contributed by atoms with Crippen LogP contribution in [0, 0.1) is 6.08 Å². The van der Waals surface area contributed by atoms with Gasteiger partial charge < -0.3 is 0 Å². The molecule has 3 rings (SSSR count). The molecule has 0 N–H and O–H groups in total. The lowest BCUT2D eigenvalue weighted by Crippen LogP contribution is -2.09. The number of rotatable bonds is 0. The summed E-state index contributed by atoms with van der Waals surface area (Å²) in [4.78, 5) is 0. The van der Waals surface area contributed by atoms with Gasteiger partial charge in [0, 0.05) is 5.92 Å². The van der Waals surface area contributed by atoms with Crippen molar-refractivity contribution in [2.24, 2.45) is 0 Å². The lowest BCUT2D eigenvalue weighted by atomic mass is 9.79. The van der Waals surface area contributed by atoms with Gasteiger partial charge in [-0.3, -0.25) is 0 Å². The van der Waals surface area contributed by atoms with Gasteiger partial charge in [-0.25, -0.2) is 0 Å². The fraction of sp³-hybridized carbons (Fsp3) is 0.273. The molecule has 1 fully saturated rings. The second-order valence-corrected chi connectivity index (χ2v) is 3.33. The lowest BCUT2D eigenvalue weighted by molar-refractivity contribution is 0.575. The summed E-state index contributed by atoms with van der Waals surface area (Å²) < 4.78 is 0.